The molecule has 238 valence electrons. The number of nitrogens with two attached hydrogens (primary N) is 2. The number of primary amides is 1. The summed E-state index contributed by atoms with van der Waals surface area (Å²) in [6.07, 6.45) is 0.929. The lowest BCUT2D eigenvalue weighted by Gasteiger charge is -2.18. The van der Waals surface area contributed by atoms with E-state index in [4.69, 9.17) is 16.2 Å². The third-order valence-corrected chi connectivity index (χ3v) is 6.45. The minimum absolute atomic E-state index is 0.0235. The van der Waals surface area contributed by atoms with Crippen LogP contribution in [0.4, 0.5) is 0 Å². The average Bonchev–Trinajstić information content (AvgIpc) is 3.43. The number of carbonyl (C=O) groups is 4. The zero-order chi connectivity index (χ0) is 32.4. The Morgan fingerprint density at radius 3 is 2.23 bits per heavy atom. The van der Waals surface area contributed by atoms with Gasteiger partial charge in [0.05, 0.1) is 12.5 Å². The zero-order valence-electron chi connectivity index (χ0n) is 25.0. The topological polar surface area (TPSA) is 238 Å². The lowest BCUT2D eigenvalue weighted by atomic mass is 10.1. The fourth-order valence-corrected chi connectivity index (χ4v) is 4.28. The molecule has 0 aliphatic rings. The van der Waals surface area contributed by atoms with Crippen LogP contribution < -0.4 is 43.4 Å². The van der Waals surface area contributed by atoms with Crippen molar-refractivity contribution in [3.8, 4) is 17.1 Å². The standard InChI is InChI=1S/C28H39N9O7/c1-4-12-36-24-22(27(42)37(13-5-2)28(36)43)34-23(35-24)17-6-8-18(9-7-17)44-15-21(39)31-10-11-32-26(41)19(14-20(30)38)33-25(40)16(3)29/h6-9,16,19H,4-5,10-15,29H2,1-3H3,(H2,30,38)(H,31,39)(H,32,41)(H,33,40)(H,34,35)/t16-,19-/m0/s1. The number of aromatic amines is 1. The van der Waals surface area contributed by atoms with Crippen molar-refractivity contribution in [1.82, 2.24) is 35.1 Å². The van der Waals surface area contributed by atoms with E-state index in [1.807, 2.05) is 13.8 Å². The van der Waals surface area contributed by atoms with Crippen LogP contribution >= 0.6 is 0 Å². The minimum Gasteiger partial charge on any atom is -0.484 e. The van der Waals surface area contributed by atoms with Crippen LogP contribution in [0.5, 0.6) is 5.75 Å². The number of nitrogens with one attached hydrogen (secondary N) is 4. The second-order valence-electron chi connectivity index (χ2n) is 10.1. The van der Waals surface area contributed by atoms with Crippen molar-refractivity contribution in [1.29, 1.82) is 0 Å². The smallest absolute Gasteiger partial charge is 0.332 e. The molecule has 0 bridgehead atoms. The molecule has 0 saturated carbocycles. The Kier molecular flexibility index (Phi) is 11.8. The highest BCUT2D eigenvalue weighted by Crippen LogP contribution is 2.21. The number of nitrogens with zero attached hydrogens (tertiary/aromatic N) is 3. The van der Waals surface area contributed by atoms with E-state index in [1.165, 1.54) is 16.1 Å². The Morgan fingerprint density at radius 1 is 0.977 bits per heavy atom. The number of hydrogen-bond acceptors (Lipinski definition) is 9. The summed E-state index contributed by atoms with van der Waals surface area (Å²) >= 11 is 0. The zero-order valence-corrected chi connectivity index (χ0v) is 25.0. The van der Waals surface area contributed by atoms with Crippen molar-refractivity contribution in [2.24, 2.45) is 11.5 Å². The van der Waals surface area contributed by atoms with Crippen molar-refractivity contribution in [2.45, 2.75) is 65.2 Å². The lowest BCUT2D eigenvalue weighted by Crippen LogP contribution is -2.53. The highest BCUT2D eigenvalue weighted by atomic mass is 16.5. The van der Waals surface area contributed by atoms with Gasteiger partial charge in [0.15, 0.2) is 12.3 Å². The summed E-state index contributed by atoms with van der Waals surface area (Å²) < 4.78 is 8.26. The van der Waals surface area contributed by atoms with Crippen LogP contribution in [0, 0.1) is 0 Å². The van der Waals surface area contributed by atoms with E-state index >= 15 is 0 Å². The van der Waals surface area contributed by atoms with E-state index in [2.05, 4.69) is 25.9 Å². The molecule has 0 aliphatic heterocycles. The Hall–Kier alpha value is -4.99. The number of carbonyl (C=O) groups excluding carboxylic acids is 4. The van der Waals surface area contributed by atoms with E-state index < -0.39 is 47.7 Å². The quantitative estimate of drug-likeness (QED) is 0.105. The molecule has 1 aromatic carbocycles. The third-order valence-electron chi connectivity index (χ3n) is 6.45. The first-order valence-corrected chi connectivity index (χ1v) is 14.3. The first kappa shape index (κ1) is 33.5. The van der Waals surface area contributed by atoms with Gasteiger partial charge in [-0.2, -0.15) is 0 Å². The molecule has 2 atom stereocenters. The van der Waals surface area contributed by atoms with Gasteiger partial charge in [0.2, 0.25) is 17.7 Å². The van der Waals surface area contributed by atoms with Gasteiger partial charge in [-0.25, -0.2) is 9.78 Å². The van der Waals surface area contributed by atoms with Crippen molar-refractivity contribution in [3.05, 3.63) is 45.1 Å². The number of aryl methyl sites for hydroxylation is 1. The van der Waals surface area contributed by atoms with Gasteiger partial charge < -0.3 is 37.1 Å². The van der Waals surface area contributed by atoms with E-state index in [0.717, 1.165) is 0 Å². The van der Waals surface area contributed by atoms with Gasteiger partial charge in [-0.05, 0) is 44.0 Å². The molecule has 8 N–H and O–H groups in total. The molecule has 2 aromatic heterocycles. The molecule has 16 nitrogen and oxygen atoms in total. The van der Waals surface area contributed by atoms with Gasteiger partial charge >= 0.3 is 5.69 Å². The van der Waals surface area contributed by atoms with Gasteiger partial charge in [0.25, 0.3) is 11.5 Å². The number of ether oxygens (including phenoxy) is 1. The number of fused-ring (bicyclic) bond motifs is 1. The van der Waals surface area contributed by atoms with Crippen molar-refractivity contribution in [3.63, 3.8) is 0 Å². The van der Waals surface area contributed by atoms with Gasteiger partial charge in [-0.1, -0.05) is 13.8 Å². The van der Waals surface area contributed by atoms with Crippen LogP contribution in [0.3, 0.4) is 0 Å². The second kappa shape index (κ2) is 15.5. The van der Waals surface area contributed by atoms with Gasteiger partial charge in [0.1, 0.15) is 23.1 Å². The molecule has 0 unspecified atom stereocenters. The minimum atomic E-state index is -1.19. The maximum atomic E-state index is 13.0. The molecule has 0 saturated heterocycles. The van der Waals surface area contributed by atoms with E-state index in [9.17, 15) is 28.8 Å². The number of hydrogen-bond donors (Lipinski definition) is 6. The van der Waals surface area contributed by atoms with Crippen molar-refractivity contribution in [2.75, 3.05) is 19.7 Å². The number of amides is 4. The largest absolute Gasteiger partial charge is 0.484 e. The maximum Gasteiger partial charge on any atom is 0.332 e. The fraction of sp³-hybridized carbons (Fsp3) is 0.464. The first-order chi connectivity index (χ1) is 21.0. The third kappa shape index (κ3) is 8.53. The van der Waals surface area contributed by atoms with Crippen LogP contribution in [0.1, 0.15) is 40.0 Å². The average molecular weight is 614 g/mol. The first-order valence-electron chi connectivity index (χ1n) is 14.3. The van der Waals surface area contributed by atoms with Crippen molar-refractivity contribution < 1.29 is 23.9 Å². The van der Waals surface area contributed by atoms with E-state index in [1.54, 1.807) is 24.3 Å². The van der Waals surface area contributed by atoms with Gasteiger partial charge in [0, 0.05) is 31.7 Å². The Balaban J connectivity index is 1.55. The predicted octanol–water partition coefficient (Wildman–Crippen LogP) is -1.31. The molecule has 0 fully saturated rings. The predicted molar refractivity (Wildman–Crippen MR) is 162 cm³/mol. The molecular weight excluding hydrogens is 574 g/mol. The second-order valence-corrected chi connectivity index (χ2v) is 10.1. The molecule has 44 heavy (non-hydrogen) atoms. The number of rotatable bonds is 16. The van der Waals surface area contributed by atoms with Crippen LogP contribution in [0.2, 0.25) is 0 Å². The van der Waals surface area contributed by atoms with Crippen LogP contribution in [0.15, 0.2) is 33.9 Å². The highest BCUT2D eigenvalue weighted by molar-refractivity contribution is 5.92. The van der Waals surface area contributed by atoms with Crippen LogP contribution in [-0.2, 0) is 32.3 Å². The Morgan fingerprint density at radius 2 is 1.61 bits per heavy atom. The van der Waals surface area contributed by atoms with E-state index in [0.29, 0.717) is 48.7 Å². The Bertz CT molecular complexity index is 1610. The number of imidazole rings is 1. The fourth-order valence-electron chi connectivity index (χ4n) is 4.28. The number of H-pyrrole nitrogens is 1. The summed E-state index contributed by atoms with van der Waals surface area (Å²) in [6, 6.07) is 4.63. The molecule has 0 radical (unpaired) electrons. The van der Waals surface area contributed by atoms with Crippen LogP contribution in [0.25, 0.3) is 22.6 Å². The number of benzene rings is 1. The van der Waals surface area contributed by atoms with Crippen LogP contribution in [-0.4, -0.2) is 74.5 Å². The summed E-state index contributed by atoms with van der Waals surface area (Å²) in [6.45, 7) is 5.79. The summed E-state index contributed by atoms with van der Waals surface area (Å²) in [4.78, 5) is 81.1. The van der Waals surface area contributed by atoms with Crippen molar-refractivity contribution >= 4 is 34.8 Å². The molecule has 0 spiro atoms. The summed E-state index contributed by atoms with van der Waals surface area (Å²) in [5.41, 5.74) is 11.0. The molecule has 0 aliphatic carbocycles. The molecule has 4 amide bonds. The normalized spacial score (nSPS) is 12.4. The molecule has 3 rings (SSSR count). The maximum absolute atomic E-state index is 13.0. The summed E-state index contributed by atoms with van der Waals surface area (Å²) in [5.74, 6) is -1.67. The number of aromatic nitrogens is 4. The summed E-state index contributed by atoms with van der Waals surface area (Å²) in [7, 11) is 0. The monoisotopic (exact) mass is 613 g/mol. The molecule has 2 heterocycles. The SMILES string of the molecule is CCCn1c(=O)c2[nH]c(-c3ccc(OCC(=O)NCCNC(=O)[C@H](CC(N)=O)NC(=O)[C@H](C)N)cc3)nc2n(CCC)c1=O. The lowest BCUT2D eigenvalue weighted by molar-refractivity contribution is -0.131. The van der Waals surface area contributed by atoms with Gasteiger partial charge in [-0.3, -0.25) is 33.1 Å². The highest BCUT2D eigenvalue weighted by Gasteiger charge is 2.24. The van der Waals surface area contributed by atoms with Gasteiger partial charge in [-0.15, -0.1) is 0 Å². The van der Waals surface area contributed by atoms with E-state index in [-0.39, 0.29) is 30.9 Å². The summed E-state index contributed by atoms with van der Waals surface area (Å²) in [5, 5.41) is 7.46. The Labute approximate surface area is 252 Å². The molecular formula is C28H39N9O7. The molecule has 3 aromatic rings. The molecule has 16 heteroatoms.